The first-order valence-corrected chi connectivity index (χ1v) is 12.7. The highest BCUT2D eigenvalue weighted by atomic mass is 16.5. The highest BCUT2D eigenvalue weighted by Gasteiger charge is 2.22. The van der Waals surface area contributed by atoms with Gasteiger partial charge in [-0.3, -0.25) is 19.2 Å². The van der Waals surface area contributed by atoms with E-state index in [1.165, 1.54) is 22.9 Å². The number of benzene rings is 1. The number of allylic oxidation sites excluding steroid dienone is 1. The van der Waals surface area contributed by atoms with Gasteiger partial charge in [0, 0.05) is 24.4 Å². The van der Waals surface area contributed by atoms with Gasteiger partial charge in [-0.05, 0) is 56.4 Å². The maximum absolute atomic E-state index is 13.1. The van der Waals surface area contributed by atoms with Crippen molar-refractivity contribution >= 4 is 29.4 Å². The maximum atomic E-state index is 13.1. The van der Waals surface area contributed by atoms with Crippen molar-refractivity contribution in [3.63, 3.8) is 0 Å². The van der Waals surface area contributed by atoms with Gasteiger partial charge in [-0.25, -0.2) is 4.79 Å². The van der Waals surface area contributed by atoms with Gasteiger partial charge >= 0.3 is 5.97 Å². The predicted molar refractivity (Wildman–Crippen MR) is 144 cm³/mol. The summed E-state index contributed by atoms with van der Waals surface area (Å²) in [5.41, 5.74) is -0.193. The van der Waals surface area contributed by atoms with E-state index in [9.17, 15) is 24.0 Å². The van der Waals surface area contributed by atoms with E-state index in [0.29, 0.717) is 24.4 Å². The Balaban J connectivity index is 2.12. The van der Waals surface area contributed by atoms with Crippen LogP contribution in [0.25, 0.3) is 0 Å². The van der Waals surface area contributed by atoms with Crippen LogP contribution in [0.5, 0.6) is 0 Å². The van der Waals surface area contributed by atoms with E-state index in [1.54, 1.807) is 49.4 Å². The molecule has 10 nitrogen and oxygen atoms in total. The molecule has 0 bridgehead atoms. The summed E-state index contributed by atoms with van der Waals surface area (Å²) in [4.78, 5) is 62.5. The predicted octanol–water partition coefficient (Wildman–Crippen LogP) is 2.65. The lowest BCUT2D eigenvalue weighted by molar-refractivity contribution is -0.137. The molecule has 3 N–H and O–H groups in total. The van der Waals surface area contributed by atoms with Crippen LogP contribution in [0.1, 0.15) is 50.4 Å². The van der Waals surface area contributed by atoms with Gasteiger partial charge in [0.2, 0.25) is 11.8 Å². The van der Waals surface area contributed by atoms with E-state index >= 15 is 0 Å². The molecule has 0 spiro atoms. The SMILES string of the molecule is CCOC(=O)/C=C/CC[C@H](NC(=O)c1ccccc1)C(=O)Nc1cccn(CC(=O)NCCC(C)C)c1=O. The van der Waals surface area contributed by atoms with Gasteiger partial charge in [-0.15, -0.1) is 0 Å². The lowest BCUT2D eigenvalue weighted by Crippen LogP contribution is -2.44. The molecular formula is C28H36N4O6. The van der Waals surface area contributed by atoms with Crippen molar-refractivity contribution in [1.29, 1.82) is 0 Å². The quantitative estimate of drug-likeness (QED) is 0.257. The standard InChI is InChI=1S/C28H36N4O6/c1-4-38-25(34)15-9-8-13-22(30-26(35)21-11-6-5-7-12-21)27(36)31-23-14-10-18-32(28(23)37)19-24(33)29-17-16-20(2)3/h5-7,9-12,14-15,18,20,22H,4,8,13,16-17,19H2,1-3H3,(H,29,33)(H,30,35)(H,31,36)/b15-9+/t22-/m0/s1. The molecule has 10 heteroatoms. The molecule has 1 aromatic carbocycles. The van der Waals surface area contributed by atoms with Gasteiger partial charge in [0.15, 0.2) is 0 Å². The van der Waals surface area contributed by atoms with Crippen molar-refractivity contribution in [2.45, 2.75) is 52.6 Å². The molecule has 1 atom stereocenters. The fourth-order valence-corrected chi connectivity index (χ4v) is 3.42. The number of rotatable bonds is 14. The Labute approximate surface area is 222 Å². The molecule has 0 saturated heterocycles. The number of pyridine rings is 1. The van der Waals surface area contributed by atoms with Gasteiger partial charge in [0.05, 0.1) is 6.61 Å². The number of carbonyl (C=O) groups excluding carboxylic acids is 4. The molecular weight excluding hydrogens is 488 g/mol. The van der Waals surface area contributed by atoms with E-state index < -0.39 is 29.4 Å². The Kier molecular flexibility index (Phi) is 12.5. The fourth-order valence-electron chi connectivity index (χ4n) is 3.42. The van der Waals surface area contributed by atoms with Crippen LogP contribution in [0.2, 0.25) is 0 Å². The smallest absolute Gasteiger partial charge is 0.330 e. The number of carbonyl (C=O) groups is 4. The van der Waals surface area contributed by atoms with Crippen LogP contribution in [0.3, 0.4) is 0 Å². The maximum Gasteiger partial charge on any atom is 0.330 e. The van der Waals surface area contributed by atoms with Gasteiger partial charge in [-0.1, -0.05) is 38.1 Å². The topological polar surface area (TPSA) is 136 Å². The van der Waals surface area contributed by atoms with Crippen LogP contribution >= 0.6 is 0 Å². The molecule has 2 aromatic rings. The molecule has 2 rings (SSSR count). The van der Waals surface area contributed by atoms with Crippen LogP contribution in [0.4, 0.5) is 5.69 Å². The normalized spacial score (nSPS) is 11.7. The molecule has 0 saturated carbocycles. The van der Waals surface area contributed by atoms with Crippen LogP contribution in [0, 0.1) is 5.92 Å². The Morgan fingerprint density at radius 1 is 1.03 bits per heavy atom. The van der Waals surface area contributed by atoms with E-state index in [0.717, 1.165) is 6.42 Å². The Bertz CT molecular complexity index is 1170. The summed E-state index contributed by atoms with van der Waals surface area (Å²) in [7, 11) is 0. The molecule has 0 aliphatic carbocycles. The minimum absolute atomic E-state index is 0.0199. The third-order valence-corrected chi connectivity index (χ3v) is 5.46. The van der Waals surface area contributed by atoms with E-state index in [4.69, 9.17) is 4.74 Å². The number of nitrogens with one attached hydrogen (secondary N) is 3. The van der Waals surface area contributed by atoms with Gasteiger partial charge in [0.25, 0.3) is 11.5 Å². The monoisotopic (exact) mass is 524 g/mol. The minimum atomic E-state index is -0.998. The van der Waals surface area contributed by atoms with Crippen molar-refractivity contribution in [3.05, 3.63) is 76.7 Å². The van der Waals surface area contributed by atoms with Crippen molar-refractivity contribution in [1.82, 2.24) is 15.2 Å². The average Bonchev–Trinajstić information content (AvgIpc) is 2.88. The molecule has 1 aromatic heterocycles. The van der Waals surface area contributed by atoms with Crippen LogP contribution < -0.4 is 21.5 Å². The summed E-state index contributed by atoms with van der Waals surface area (Å²) < 4.78 is 6.05. The number of nitrogens with zero attached hydrogens (tertiary/aromatic N) is 1. The first-order chi connectivity index (χ1) is 18.2. The van der Waals surface area contributed by atoms with E-state index in [1.807, 2.05) is 0 Å². The fraction of sp³-hybridized carbons (Fsp3) is 0.393. The second-order valence-corrected chi connectivity index (χ2v) is 9.00. The second kappa shape index (κ2) is 15.8. The molecule has 3 amide bonds. The highest BCUT2D eigenvalue weighted by Crippen LogP contribution is 2.07. The van der Waals surface area contributed by atoms with Crippen molar-refractivity contribution in [2.75, 3.05) is 18.5 Å². The van der Waals surface area contributed by atoms with Crippen LogP contribution in [-0.2, 0) is 25.7 Å². The summed E-state index contributed by atoms with van der Waals surface area (Å²) >= 11 is 0. The second-order valence-electron chi connectivity index (χ2n) is 9.00. The zero-order chi connectivity index (χ0) is 27.9. The number of amides is 3. The number of hydrogen-bond acceptors (Lipinski definition) is 6. The summed E-state index contributed by atoms with van der Waals surface area (Å²) in [6.45, 7) is 6.37. The van der Waals surface area contributed by atoms with Crippen molar-refractivity contribution < 1.29 is 23.9 Å². The highest BCUT2D eigenvalue weighted by molar-refractivity contribution is 6.01. The first kappa shape index (κ1) is 30.0. The number of aromatic nitrogens is 1. The molecule has 1 heterocycles. The lowest BCUT2D eigenvalue weighted by atomic mass is 10.1. The van der Waals surface area contributed by atoms with Gasteiger partial charge in [-0.2, -0.15) is 0 Å². The third-order valence-electron chi connectivity index (χ3n) is 5.46. The summed E-state index contributed by atoms with van der Waals surface area (Å²) in [5.74, 6) is -1.43. The van der Waals surface area contributed by atoms with E-state index in [2.05, 4.69) is 29.8 Å². The summed E-state index contributed by atoms with van der Waals surface area (Å²) in [6.07, 6.45) is 5.57. The molecule has 0 aliphatic heterocycles. The Morgan fingerprint density at radius 2 is 1.76 bits per heavy atom. The molecule has 0 radical (unpaired) electrons. The number of anilines is 1. The third kappa shape index (κ3) is 10.4. The summed E-state index contributed by atoms with van der Waals surface area (Å²) in [5, 5.41) is 8.04. The molecule has 0 unspecified atom stereocenters. The average molecular weight is 525 g/mol. The first-order valence-electron chi connectivity index (χ1n) is 12.7. The summed E-state index contributed by atoms with van der Waals surface area (Å²) in [6, 6.07) is 10.4. The van der Waals surface area contributed by atoms with E-state index in [-0.39, 0.29) is 31.2 Å². The zero-order valence-corrected chi connectivity index (χ0v) is 22.1. The minimum Gasteiger partial charge on any atom is -0.463 e. The van der Waals surface area contributed by atoms with Gasteiger partial charge < -0.3 is 25.3 Å². The number of hydrogen-bond donors (Lipinski definition) is 3. The molecule has 0 fully saturated rings. The molecule has 0 aliphatic rings. The van der Waals surface area contributed by atoms with Gasteiger partial charge in [0.1, 0.15) is 18.3 Å². The zero-order valence-electron chi connectivity index (χ0n) is 22.1. The van der Waals surface area contributed by atoms with Crippen molar-refractivity contribution in [2.24, 2.45) is 5.92 Å². The van der Waals surface area contributed by atoms with Crippen LogP contribution in [0.15, 0.2) is 65.6 Å². The van der Waals surface area contributed by atoms with Crippen molar-refractivity contribution in [3.8, 4) is 0 Å². The van der Waals surface area contributed by atoms with Crippen LogP contribution in [-0.4, -0.2) is 47.5 Å². The largest absolute Gasteiger partial charge is 0.463 e. The Morgan fingerprint density at radius 3 is 2.45 bits per heavy atom. The number of esters is 1. The molecule has 38 heavy (non-hydrogen) atoms. The number of ether oxygens (including phenoxy) is 1. The lowest BCUT2D eigenvalue weighted by Gasteiger charge is -2.18. The Hall–Kier alpha value is -4.21. The molecule has 204 valence electrons.